The lowest BCUT2D eigenvalue weighted by atomic mass is 9.85. The first kappa shape index (κ1) is 56.3. The van der Waals surface area contributed by atoms with Gasteiger partial charge in [-0.05, 0) is 136 Å². The van der Waals surface area contributed by atoms with Crippen LogP contribution in [0.1, 0.15) is 129 Å². The highest BCUT2D eigenvalue weighted by atomic mass is 16.5. The molecule has 410 valence electrons. The second-order valence-corrected chi connectivity index (χ2v) is 22.3. The van der Waals surface area contributed by atoms with Crippen molar-refractivity contribution in [2.24, 2.45) is 5.41 Å². The molecule has 8 rings (SSSR count). The third-order valence-corrected chi connectivity index (χ3v) is 15.8. The van der Waals surface area contributed by atoms with Gasteiger partial charge in [-0.3, -0.25) is 34.1 Å². The highest BCUT2D eigenvalue weighted by Crippen LogP contribution is 2.34. The van der Waals surface area contributed by atoms with Gasteiger partial charge in [0.15, 0.2) is 0 Å². The summed E-state index contributed by atoms with van der Waals surface area (Å²) in [4.78, 5) is 86.8. The first-order valence-corrected chi connectivity index (χ1v) is 27.6. The third kappa shape index (κ3) is 14.0. The van der Waals surface area contributed by atoms with E-state index in [4.69, 9.17) is 4.74 Å². The van der Waals surface area contributed by atoms with Crippen molar-refractivity contribution < 1.29 is 33.5 Å². The van der Waals surface area contributed by atoms with Gasteiger partial charge >= 0.3 is 0 Å². The number of likely N-dealkylation sites (N-methyl/N-ethyl adjacent to an activating group) is 2. The van der Waals surface area contributed by atoms with Gasteiger partial charge in [0.1, 0.15) is 30.5 Å². The van der Waals surface area contributed by atoms with Crippen molar-refractivity contribution in [3.63, 3.8) is 0 Å². The molecule has 16 heteroatoms. The van der Waals surface area contributed by atoms with Crippen molar-refractivity contribution in [3.05, 3.63) is 148 Å². The first-order chi connectivity index (χ1) is 37.0. The summed E-state index contributed by atoms with van der Waals surface area (Å²) in [6, 6.07) is 27.3. The second-order valence-electron chi connectivity index (χ2n) is 22.3. The minimum absolute atomic E-state index is 0.0350. The highest BCUT2D eigenvalue weighted by molar-refractivity contribution is 5.95. The topological polar surface area (TPSA) is 202 Å². The zero-order chi connectivity index (χ0) is 54.8. The third-order valence-electron chi connectivity index (χ3n) is 15.8. The molecule has 77 heavy (non-hydrogen) atoms. The van der Waals surface area contributed by atoms with E-state index in [1.54, 1.807) is 49.9 Å². The average molecular weight is 1050 g/mol. The van der Waals surface area contributed by atoms with Crippen LogP contribution >= 0.6 is 0 Å². The molecule has 2 aliphatic carbocycles. The molecule has 9 atom stereocenters. The molecule has 7 N–H and O–H groups in total. The monoisotopic (exact) mass is 1050 g/mol. The number of aryl methyl sites for hydroxylation is 2. The molecular formula is C61H79N9O7. The summed E-state index contributed by atoms with van der Waals surface area (Å²) in [5, 5.41) is 22.2. The minimum atomic E-state index is -0.932. The molecule has 0 radical (unpaired) electrons. The summed E-state index contributed by atoms with van der Waals surface area (Å²) >= 11 is 0. The van der Waals surface area contributed by atoms with E-state index >= 15 is 0 Å². The predicted molar refractivity (Wildman–Crippen MR) is 297 cm³/mol. The molecule has 16 nitrogen and oxygen atoms in total. The Morgan fingerprint density at radius 3 is 1.91 bits per heavy atom. The van der Waals surface area contributed by atoms with Gasteiger partial charge in [0.2, 0.25) is 29.5 Å². The minimum Gasteiger partial charge on any atom is -0.489 e. The van der Waals surface area contributed by atoms with Crippen LogP contribution in [-0.2, 0) is 49.8 Å². The van der Waals surface area contributed by atoms with E-state index in [1.807, 2.05) is 87.5 Å². The standard InChI is InChI=1S/C61H79N9O7/c1-38(62-6)55(71)67-51(59(75)69-33-13-12-24-52(69)58(74)66-50-23-15-19-43-17-9-11-21-48(43)50)34-40-27-31-46(32-28-40)77-37-41-25-29-44(30-26-41)57(73)64-45-35-53(65-49-22-14-18-42-16-8-10-20-47(42)49)70(36-45)60(76)54(61(3,4)5)68-56(72)39(2)63-7/h8-13,16-17,20-21,25-32,38-39,45,49-54,62-63,65H,14-15,18-19,22-24,33-37H2,1-7H3,(H,64,73)(H,66,74)(H,67,71)(H,68,72)/t38-,39-,45-,49+,50+,51-,52?,53?,54+/m0/s1. The van der Waals surface area contributed by atoms with Crippen LogP contribution in [-0.4, -0.2) is 115 Å². The van der Waals surface area contributed by atoms with Crippen LogP contribution < -0.4 is 42.0 Å². The van der Waals surface area contributed by atoms with Crippen LogP contribution in [0, 0.1) is 5.41 Å². The summed E-state index contributed by atoms with van der Waals surface area (Å²) in [5.74, 6) is -0.982. The number of hydrogen-bond donors (Lipinski definition) is 7. The van der Waals surface area contributed by atoms with Gasteiger partial charge in [0.05, 0.1) is 30.3 Å². The van der Waals surface area contributed by atoms with E-state index in [9.17, 15) is 28.8 Å². The number of nitrogens with zero attached hydrogens (tertiary/aromatic N) is 2. The van der Waals surface area contributed by atoms with Crippen molar-refractivity contribution in [1.82, 2.24) is 47.0 Å². The zero-order valence-electron chi connectivity index (χ0n) is 45.8. The van der Waals surface area contributed by atoms with E-state index in [1.165, 1.54) is 16.7 Å². The molecule has 0 bridgehead atoms. The molecule has 1 saturated heterocycles. The number of carbonyl (C=O) groups is 6. The lowest BCUT2D eigenvalue weighted by Crippen LogP contribution is -2.60. The van der Waals surface area contributed by atoms with Crippen molar-refractivity contribution >= 4 is 35.4 Å². The van der Waals surface area contributed by atoms with E-state index in [0.717, 1.165) is 55.2 Å². The molecule has 2 aliphatic heterocycles. The lowest BCUT2D eigenvalue weighted by Gasteiger charge is -2.38. The maximum absolute atomic E-state index is 14.6. The zero-order valence-corrected chi connectivity index (χ0v) is 45.8. The van der Waals surface area contributed by atoms with Crippen molar-refractivity contribution in [2.75, 3.05) is 27.2 Å². The summed E-state index contributed by atoms with van der Waals surface area (Å²) in [5.41, 5.74) is 6.41. The van der Waals surface area contributed by atoms with Gasteiger partial charge in [0, 0.05) is 37.5 Å². The molecule has 2 unspecified atom stereocenters. The Balaban J connectivity index is 0.888. The Labute approximate surface area is 454 Å². The fourth-order valence-electron chi connectivity index (χ4n) is 11.0. The molecule has 6 amide bonds. The van der Waals surface area contributed by atoms with E-state index in [0.29, 0.717) is 24.2 Å². The molecular weight excluding hydrogens is 971 g/mol. The summed E-state index contributed by atoms with van der Waals surface area (Å²) in [6.07, 6.45) is 10.2. The second kappa shape index (κ2) is 25.5. The molecule has 4 aliphatic rings. The Kier molecular flexibility index (Phi) is 18.7. The largest absolute Gasteiger partial charge is 0.489 e. The number of hydrogen-bond acceptors (Lipinski definition) is 10. The van der Waals surface area contributed by atoms with E-state index in [-0.39, 0.29) is 85.9 Å². The normalized spacial score (nSPS) is 21.6. The van der Waals surface area contributed by atoms with Gasteiger partial charge in [-0.1, -0.05) is 106 Å². The smallest absolute Gasteiger partial charge is 0.251 e. The van der Waals surface area contributed by atoms with E-state index < -0.39 is 35.6 Å². The fraction of sp³-hybridized carbons (Fsp3) is 0.475. The van der Waals surface area contributed by atoms with Crippen LogP contribution in [0.3, 0.4) is 0 Å². The van der Waals surface area contributed by atoms with Crippen LogP contribution in [0.5, 0.6) is 5.75 Å². The molecule has 2 heterocycles. The number of nitrogens with one attached hydrogen (secondary N) is 7. The molecule has 4 aromatic rings. The van der Waals surface area contributed by atoms with Crippen molar-refractivity contribution in [1.29, 1.82) is 0 Å². The van der Waals surface area contributed by atoms with Crippen LogP contribution in [0.2, 0.25) is 0 Å². The molecule has 0 aromatic heterocycles. The van der Waals surface area contributed by atoms with Crippen LogP contribution in [0.15, 0.2) is 109 Å². The summed E-state index contributed by atoms with van der Waals surface area (Å²) in [6.45, 7) is 10.1. The highest BCUT2D eigenvalue weighted by Gasteiger charge is 2.44. The number of benzene rings is 4. The predicted octanol–water partition coefficient (Wildman–Crippen LogP) is 5.71. The SMILES string of the molecule is CN[C@@H](C)C(=O)N[C@@H](Cc1ccc(OCc2ccc(C(=O)N[C@H]3CC(N[C@@H]4CCCc5ccccc54)N(C(=O)[C@@H](NC(=O)[C@H](C)NC)C(C)(C)C)C3)cc2)cc1)C(=O)N1CC=CCC1C(=O)N[C@@H]1CCCc2ccccc21. The Hall–Kier alpha value is -6.88. The summed E-state index contributed by atoms with van der Waals surface area (Å²) in [7, 11) is 3.40. The molecule has 0 spiro atoms. The maximum Gasteiger partial charge on any atom is 0.251 e. The Morgan fingerprint density at radius 2 is 1.27 bits per heavy atom. The van der Waals surface area contributed by atoms with Gasteiger partial charge in [0.25, 0.3) is 5.91 Å². The maximum atomic E-state index is 14.6. The molecule has 4 aromatic carbocycles. The van der Waals surface area contributed by atoms with Gasteiger partial charge in [-0.15, -0.1) is 0 Å². The first-order valence-electron chi connectivity index (χ1n) is 27.6. The number of rotatable bonds is 19. The lowest BCUT2D eigenvalue weighted by molar-refractivity contribution is -0.143. The van der Waals surface area contributed by atoms with Crippen molar-refractivity contribution in [2.45, 2.75) is 154 Å². The number of likely N-dealkylation sites (tertiary alicyclic amines) is 1. The Bertz CT molecular complexity index is 2760. The average Bonchev–Trinajstić information content (AvgIpc) is 3.84. The number of fused-ring (bicyclic) bond motifs is 2. The van der Waals surface area contributed by atoms with E-state index in [2.05, 4.69) is 67.5 Å². The van der Waals surface area contributed by atoms with Gasteiger partial charge in [-0.25, -0.2) is 0 Å². The van der Waals surface area contributed by atoms with Crippen LogP contribution in [0.4, 0.5) is 0 Å². The van der Waals surface area contributed by atoms with Crippen LogP contribution in [0.25, 0.3) is 0 Å². The number of ether oxygens (including phenoxy) is 1. The molecule has 0 saturated carbocycles. The fourth-order valence-corrected chi connectivity index (χ4v) is 11.0. The Morgan fingerprint density at radius 1 is 0.675 bits per heavy atom. The summed E-state index contributed by atoms with van der Waals surface area (Å²) < 4.78 is 6.17. The van der Waals surface area contributed by atoms with Gasteiger partial charge in [-0.2, -0.15) is 0 Å². The number of carbonyl (C=O) groups excluding carboxylic acids is 6. The number of amides is 6. The van der Waals surface area contributed by atoms with Gasteiger partial charge < -0.3 is 46.4 Å². The quantitative estimate of drug-likeness (QED) is 0.0571. The molecule has 1 fully saturated rings. The van der Waals surface area contributed by atoms with Crippen molar-refractivity contribution in [3.8, 4) is 5.75 Å².